The van der Waals surface area contributed by atoms with Crippen molar-refractivity contribution in [2.24, 2.45) is 0 Å². The van der Waals surface area contributed by atoms with Crippen LogP contribution in [-0.4, -0.2) is 41.5 Å². The van der Waals surface area contributed by atoms with Crippen LogP contribution < -0.4 is 24.0 Å². The van der Waals surface area contributed by atoms with Crippen molar-refractivity contribution in [1.29, 1.82) is 0 Å². The third-order valence-corrected chi connectivity index (χ3v) is 7.51. The molecule has 1 rings (SSSR count). The van der Waals surface area contributed by atoms with Gasteiger partial charge in [0.2, 0.25) is 0 Å². The molecule has 0 bridgehead atoms. The average molecular weight is 440 g/mol. The van der Waals surface area contributed by atoms with Crippen LogP contribution in [0.25, 0.3) is 0 Å². The molecule has 0 heterocycles. The largest absolute Gasteiger partial charge is 1.00 e. The Bertz CT molecular complexity index is 303. The monoisotopic (exact) mass is 441 g/mol. The van der Waals surface area contributed by atoms with E-state index in [0.29, 0.717) is 0 Å². The first kappa shape index (κ1) is 16.7. The molecule has 0 aliphatic rings. The van der Waals surface area contributed by atoms with Crippen molar-refractivity contribution in [1.82, 2.24) is 0 Å². The second-order valence-corrected chi connectivity index (χ2v) is 21.8. The van der Waals surface area contributed by atoms with Crippen LogP contribution in [0.2, 0.25) is 14.8 Å². The molecule has 0 aliphatic carbocycles. The fourth-order valence-corrected chi connectivity index (χ4v) is 10.1. The van der Waals surface area contributed by atoms with E-state index in [0.717, 1.165) is 11.0 Å². The van der Waals surface area contributed by atoms with E-state index in [-0.39, 0.29) is 24.0 Å². The number of quaternary nitrogens is 1. The van der Waals surface area contributed by atoms with E-state index < -0.39 is 18.4 Å². The molecule has 1 aromatic carbocycles. The molecule has 1 nitrogen and oxygen atoms in total. The average Bonchev–Trinajstić information content (AvgIpc) is 1.99. The molecule has 0 amide bonds. The molecule has 92 valence electrons. The molecule has 0 saturated heterocycles. The van der Waals surface area contributed by atoms with Crippen molar-refractivity contribution in [2.75, 3.05) is 18.7 Å². The van der Waals surface area contributed by atoms with Gasteiger partial charge in [-0.1, -0.05) is 0 Å². The summed E-state index contributed by atoms with van der Waals surface area (Å²) < 4.78 is 2.55. The van der Waals surface area contributed by atoms with Gasteiger partial charge in [-0.15, -0.1) is 0 Å². The van der Waals surface area contributed by atoms with Crippen LogP contribution in [0.15, 0.2) is 30.3 Å². The molecule has 0 unspecified atom stereocenters. The Labute approximate surface area is 122 Å². The zero-order valence-electron chi connectivity index (χ0n) is 11.1. The summed E-state index contributed by atoms with van der Waals surface area (Å²) in [6, 6.07) is 10.8. The Balaban J connectivity index is 0.00000225. The summed E-state index contributed by atoms with van der Waals surface area (Å²) in [6.45, 7) is 1.16. The summed E-state index contributed by atoms with van der Waals surface area (Å²) in [5.41, 5.74) is 1.46. The minimum Gasteiger partial charge on any atom is -1.00 e. The summed E-state index contributed by atoms with van der Waals surface area (Å²) >= 11 is -1.67. The minimum atomic E-state index is -1.67. The summed E-state index contributed by atoms with van der Waals surface area (Å²) in [4.78, 5) is 7.54. The predicted molar refractivity (Wildman–Crippen MR) is 70.5 cm³/mol. The van der Waals surface area contributed by atoms with Gasteiger partial charge < -0.3 is 24.0 Å². The smallest absolute Gasteiger partial charge is 1.00 e. The van der Waals surface area contributed by atoms with Gasteiger partial charge in [0, 0.05) is 0 Å². The molecule has 1 aromatic rings. The molecule has 0 aliphatic heterocycles. The molecule has 0 N–H and O–H groups in total. The first-order chi connectivity index (χ1) is 6.79. The number of halogens is 1. The van der Waals surface area contributed by atoms with Gasteiger partial charge >= 0.3 is 98.8 Å². The SMILES string of the molecule is C[N+](C)(Cc1ccccc1)[CH2][Sn]([CH3])([CH3])[CH3].[I-]. The Hall–Kier alpha value is 0.709. The second kappa shape index (κ2) is 6.59. The molecule has 0 fully saturated rings. The van der Waals surface area contributed by atoms with Crippen LogP contribution in [0.3, 0.4) is 0 Å². The van der Waals surface area contributed by atoms with Crippen molar-refractivity contribution in [3.8, 4) is 0 Å². The normalized spacial score (nSPS) is 12.1. The maximum Gasteiger partial charge on any atom is -1.00 e. The van der Waals surface area contributed by atoms with Crippen LogP contribution in [0.4, 0.5) is 0 Å². The van der Waals surface area contributed by atoms with Crippen molar-refractivity contribution < 1.29 is 28.5 Å². The van der Waals surface area contributed by atoms with E-state index >= 15 is 0 Å². The van der Waals surface area contributed by atoms with Crippen molar-refractivity contribution in [2.45, 2.75) is 21.4 Å². The van der Waals surface area contributed by atoms with Gasteiger partial charge in [-0.2, -0.15) is 0 Å². The summed E-state index contributed by atoms with van der Waals surface area (Å²) in [6.07, 6.45) is 0. The third-order valence-electron chi connectivity index (χ3n) is 2.36. The molecular weight excluding hydrogens is 416 g/mol. The van der Waals surface area contributed by atoms with Gasteiger partial charge in [0.15, 0.2) is 0 Å². The standard InChI is InChI=1S/C10H15N.3CH3.HI.Sn/c1-11(2,3)9-10-7-5-4-6-8-10;;;;;/h4-8H,1,9H2,2-3H3;3*1H3;1H;/q+1;;;;;/p-1. The Morgan fingerprint density at radius 3 is 1.94 bits per heavy atom. The molecule has 0 saturated carbocycles. The van der Waals surface area contributed by atoms with E-state index in [4.69, 9.17) is 0 Å². The zero-order valence-corrected chi connectivity index (χ0v) is 16.1. The third kappa shape index (κ3) is 7.12. The number of nitrogens with zero attached hydrogens (tertiary/aromatic N) is 1. The van der Waals surface area contributed by atoms with E-state index in [1.54, 1.807) is 0 Å². The Morgan fingerprint density at radius 2 is 1.50 bits per heavy atom. The fourth-order valence-electron chi connectivity index (χ4n) is 2.42. The molecule has 3 heteroatoms. The van der Waals surface area contributed by atoms with Gasteiger partial charge in [-0.3, -0.25) is 0 Å². The van der Waals surface area contributed by atoms with Gasteiger partial charge in [0.25, 0.3) is 0 Å². The topological polar surface area (TPSA) is 0 Å². The molecular formula is C13H24INSn. The Kier molecular flexibility index (Phi) is 6.88. The number of rotatable bonds is 4. The van der Waals surface area contributed by atoms with Crippen LogP contribution in [0, 0.1) is 0 Å². The summed E-state index contributed by atoms with van der Waals surface area (Å²) in [7, 11) is 4.71. The molecule has 0 radical (unpaired) electrons. The van der Waals surface area contributed by atoms with Crippen LogP contribution in [0.5, 0.6) is 0 Å². The quantitative estimate of drug-likeness (QED) is 0.356. The van der Waals surface area contributed by atoms with E-state index in [1.165, 1.54) is 10.1 Å². The maximum absolute atomic E-state index is 2.51. The number of benzene rings is 1. The van der Waals surface area contributed by atoms with Gasteiger partial charge in [0.05, 0.1) is 0 Å². The second-order valence-electron chi connectivity index (χ2n) is 6.30. The van der Waals surface area contributed by atoms with E-state index in [1.807, 2.05) is 0 Å². The van der Waals surface area contributed by atoms with Crippen LogP contribution in [0.1, 0.15) is 5.56 Å². The maximum atomic E-state index is 2.51. The number of hydrogen-bond acceptors (Lipinski definition) is 0. The van der Waals surface area contributed by atoms with Gasteiger partial charge in [0.1, 0.15) is 0 Å². The van der Waals surface area contributed by atoms with Gasteiger partial charge in [-0.25, -0.2) is 0 Å². The molecule has 16 heavy (non-hydrogen) atoms. The van der Waals surface area contributed by atoms with Crippen LogP contribution >= 0.6 is 0 Å². The summed E-state index contributed by atoms with van der Waals surface area (Å²) in [5, 5.41) is 0. The van der Waals surface area contributed by atoms with Crippen LogP contribution in [-0.2, 0) is 6.54 Å². The Morgan fingerprint density at radius 1 is 1.00 bits per heavy atom. The molecule has 0 atom stereocenters. The number of hydrogen-bond donors (Lipinski definition) is 0. The molecule has 0 aromatic heterocycles. The van der Waals surface area contributed by atoms with Crippen molar-refractivity contribution >= 4 is 18.4 Å². The van der Waals surface area contributed by atoms with E-state index in [9.17, 15) is 0 Å². The molecule has 0 spiro atoms. The predicted octanol–water partition coefficient (Wildman–Crippen LogP) is 0.144. The first-order valence-electron chi connectivity index (χ1n) is 5.64. The van der Waals surface area contributed by atoms with Crippen molar-refractivity contribution in [3.05, 3.63) is 35.9 Å². The first-order valence-corrected chi connectivity index (χ1v) is 16.2. The minimum absolute atomic E-state index is 0. The zero-order chi connectivity index (χ0) is 11.5. The summed E-state index contributed by atoms with van der Waals surface area (Å²) in [5.74, 6) is 0. The van der Waals surface area contributed by atoms with Crippen molar-refractivity contribution in [3.63, 3.8) is 0 Å². The van der Waals surface area contributed by atoms with E-state index in [2.05, 4.69) is 59.2 Å². The fraction of sp³-hybridized carbons (Fsp3) is 0.538. The van der Waals surface area contributed by atoms with Gasteiger partial charge in [-0.05, 0) is 0 Å².